The smallest absolute Gasteiger partial charge is 0.318 e. The second kappa shape index (κ2) is 10.1. The SMILES string of the molecule is CC(C)(C)NC(=O)N1CCc2c(-c3cccc4c3CNC4=O)ccc(CNC(=O)C3CC3c3ccccc3)c2C1. The lowest BCUT2D eigenvalue weighted by atomic mass is 9.85. The van der Waals surface area contributed by atoms with Gasteiger partial charge in [0, 0.05) is 43.2 Å². The summed E-state index contributed by atoms with van der Waals surface area (Å²) in [6.45, 7) is 7.95. The molecule has 2 aliphatic heterocycles. The molecule has 0 bridgehead atoms. The molecule has 1 fully saturated rings. The highest BCUT2D eigenvalue weighted by molar-refractivity contribution is 6.00. The molecule has 3 aromatic carbocycles. The molecule has 206 valence electrons. The second-order valence-electron chi connectivity index (χ2n) is 12.2. The van der Waals surface area contributed by atoms with E-state index in [4.69, 9.17) is 0 Å². The van der Waals surface area contributed by atoms with Gasteiger partial charge in [0.25, 0.3) is 5.91 Å². The highest BCUT2D eigenvalue weighted by atomic mass is 16.2. The Morgan fingerprint density at radius 2 is 1.68 bits per heavy atom. The normalized spacial score (nSPS) is 19.4. The first kappa shape index (κ1) is 26.1. The van der Waals surface area contributed by atoms with Crippen LogP contribution >= 0.6 is 0 Å². The fourth-order valence-corrected chi connectivity index (χ4v) is 6.10. The van der Waals surface area contributed by atoms with Crippen molar-refractivity contribution in [2.75, 3.05) is 6.54 Å². The molecule has 0 saturated heterocycles. The van der Waals surface area contributed by atoms with Gasteiger partial charge < -0.3 is 20.9 Å². The Labute approximate surface area is 235 Å². The maximum Gasteiger partial charge on any atom is 0.318 e. The van der Waals surface area contributed by atoms with E-state index in [0.29, 0.717) is 32.6 Å². The fourth-order valence-electron chi connectivity index (χ4n) is 6.10. The number of fused-ring (bicyclic) bond motifs is 2. The lowest BCUT2D eigenvalue weighted by Gasteiger charge is -2.34. The molecule has 2 unspecified atom stereocenters. The Balaban J connectivity index is 1.28. The van der Waals surface area contributed by atoms with Crippen LogP contribution in [0.5, 0.6) is 0 Å². The number of urea groups is 1. The van der Waals surface area contributed by atoms with Crippen LogP contribution in [0.25, 0.3) is 11.1 Å². The molecule has 7 heteroatoms. The molecule has 1 saturated carbocycles. The largest absolute Gasteiger partial charge is 0.352 e. The van der Waals surface area contributed by atoms with Gasteiger partial charge in [-0.2, -0.15) is 0 Å². The van der Waals surface area contributed by atoms with Crippen molar-refractivity contribution < 1.29 is 14.4 Å². The molecule has 40 heavy (non-hydrogen) atoms. The summed E-state index contributed by atoms with van der Waals surface area (Å²) in [5.41, 5.74) is 8.07. The molecule has 6 rings (SSSR count). The summed E-state index contributed by atoms with van der Waals surface area (Å²) in [5, 5.41) is 9.22. The van der Waals surface area contributed by atoms with Crippen molar-refractivity contribution in [2.24, 2.45) is 5.92 Å². The van der Waals surface area contributed by atoms with E-state index < -0.39 is 0 Å². The van der Waals surface area contributed by atoms with Crippen LogP contribution in [0, 0.1) is 5.92 Å². The number of hydrogen-bond acceptors (Lipinski definition) is 3. The summed E-state index contributed by atoms with van der Waals surface area (Å²) in [6.07, 6.45) is 1.58. The first-order chi connectivity index (χ1) is 19.2. The van der Waals surface area contributed by atoms with Crippen LogP contribution in [0.3, 0.4) is 0 Å². The van der Waals surface area contributed by atoms with E-state index in [-0.39, 0.29) is 35.2 Å². The van der Waals surface area contributed by atoms with Crippen LogP contribution in [0.15, 0.2) is 60.7 Å². The first-order valence-electron chi connectivity index (χ1n) is 14.1. The van der Waals surface area contributed by atoms with Crippen molar-refractivity contribution in [3.8, 4) is 11.1 Å². The van der Waals surface area contributed by atoms with E-state index >= 15 is 0 Å². The van der Waals surface area contributed by atoms with Crippen LogP contribution in [0.4, 0.5) is 4.79 Å². The van der Waals surface area contributed by atoms with Crippen molar-refractivity contribution in [1.82, 2.24) is 20.9 Å². The molecule has 3 aromatic rings. The van der Waals surface area contributed by atoms with Gasteiger partial charge in [-0.25, -0.2) is 4.79 Å². The maximum absolute atomic E-state index is 13.1. The van der Waals surface area contributed by atoms with E-state index in [2.05, 4.69) is 46.3 Å². The lowest BCUT2D eigenvalue weighted by Crippen LogP contribution is -2.50. The molecule has 0 aromatic heterocycles. The highest BCUT2D eigenvalue weighted by Crippen LogP contribution is 2.47. The first-order valence-corrected chi connectivity index (χ1v) is 14.1. The lowest BCUT2D eigenvalue weighted by molar-refractivity contribution is -0.122. The van der Waals surface area contributed by atoms with Crippen molar-refractivity contribution in [2.45, 2.75) is 64.7 Å². The summed E-state index contributed by atoms with van der Waals surface area (Å²) in [7, 11) is 0. The van der Waals surface area contributed by atoms with Crippen LogP contribution in [-0.4, -0.2) is 34.8 Å². The number of carbonyl (C=O) groups excluding carboxylic acids is 3. The minimum atomic E-state index is -0.334. The van der Waals surface area contributed by atoms with Crippen molar-refractivity contribution in [1.29, 1.82) is 0 Å². The summed E-state index contributed by atoms with van der Waals surface area (Å²) in [5.74, 6) is 0.327. The van der Waals surface area contributed by atoms with Crippen LogP contribution in [-0.2, 0) is 30.8 Å². The van der Waals surface area contributed by atoms with Gasteiger partial charge in [0.05, 0.1) is 0 Å². The number of carbonyl (C=O) groups is 3. The number of benzene rings is 3. The highest BCUT2D eigenvalue weighted by Gasteiger charge is 2.43. The van der Waals surface area contributed by atoms with Gasteiger partial charge in [0.1, 0.15) is 0 Å². The van der Waals surface area contributed by atoms with Crippen LogP contribution in [0.1, 0.15) is 71.3 Å². The molecule has 2 atom stereocenters. The Kier molecular flexibility index (Phi) is 6.61. The quantitative estimate of drug-likeness (QED) is 0.434. The second-order valence-corrected chi connectivity index (χ2v) is 12.2. The van der Waals surface area contributed by atoms with Gasteiger partial charge in [0.15, 0.2) is 0 Å². The van der Waals surface area contributed by atoms with Crippen molar-refractivity contribution in [3.05, 3.63) is 94.0 Å². The zero-order chi connectivity index (χ0) is 28.0. The fraction of sp³-hybridized carbons (Fsp3) is 0.364. The van der Waals surface area contributed by atoms with Crippen LogP contribution in [0.2, 0.25) is 0 Å². The summed E-state index contributed by atoms with van der Waals surface area (Å²) < 4.78 is 0. The third kappa shape index (κ3) is 5.08. The number of rotatable bonds is 5. The number of nitrogens with one attached hydrogen (secondary N) is 3. The monoisotopic (exact) mass is 536 g/mol. The minimum absolute atomic E-state index is 0.00325. The van der Waals surface area contributed by atoms with E-state index in [9.17, 15) is 14.4 Å². The van der Waals surface area contributed by atoms with E-state index in [1.165, 1.54) is 11.1 Å². The topological polar surface area (TPSA) is 90.5 Å². The van der Waals surface area contributed by atoms with Gasteiger partial charge in [-0.1, -0.05) is 54.6 Å². The van der Waals surface area contributed by atoms with Crippen molar-refractivity contribution >= 4 is 17.8 Å². The summed E-state index contributed by atoms with van der Waals surface area (Å²) in [6, 6.07) is 20.2. The zero-order valence-electron chi connectivity index (χ0n) is 23.3. The Morgan fingerprint density at radius 3 is 2.45 bits per heavy atom. The average molecular weight is 537 g/mol. The molecule has 1 aliphatic carbocycles. The van der Waals surface area contributed by atoms with Gasteiger partial charge in [-0.15, -0.1) is 0 Å². The number of amides is 4. The van der Waals surface area contributed by atoms with Gasteiger partial charge in [-0.05, 0) is 84.5 Å². The molecule has 0 radical (unpaired) electrons. The number of nitrogens with zero attached hydrogens (tertiary/aromatic N) is 1. The van der Waals surface area contributed by atoms with Gasteiger partial charge in [-0.3, -0.25) is 9.59 Å². The molecule has 7 nitrogen and oxygen atoms in total. The summed E-state index contributed by atoms with van der Waals surface area (Å²) >= 11 is 0. The van der Waals surface area contributed by atoms with E-state index in [1.807, 2.05) is 56.0 Å². The Hall–Kier alpha value is -4.13. The molecular weight excluding hydrogens is 500 g/mol. The Bertz CT molecular complexity index is 1490. The molecule has 0 spiro atoms. The summed E-state index contributed by atoms with van der Waals surface area (Å²) in [4.78, 5) is 40.4. The maximum atomic E-state index is 13.1. The molecule has 3 N–H and O–H groups in total. The molecular formula is C33H36N4O3. The predicted octanol–water partition coefficient (Wildman–Crippen LogP) is 4.88. The minimum Gasteiger partial charge on any atom is -0.352 e. The standard InChI is InChI=1S/C33H36N4O3/c1-33(2,3)36-32(40)37-15-14-24-23(22-10-7-11-25-28(22)18-35-30(25)38)13-12-21(29(24)19-37)17-34-31(39)27-16-26(27)20-8-5-4-6-9-20/h4-13,26-27H,14-19H2,1-3H3,(H,34,39)(H,35,38)(H,36,40). The van der Waals surface area contributed by atoms with Crippen LogP contribution < -0.4 is 16.0 Å². The molecule has 4 amide bonds. The third-order valence-corrected chi connectivity index (χ3v) is 8.22. The van der Waals surface area contributed by atoms with E-state index in [0.717, 1.165) is 39.8 Å². The zero-order valence-corrected chi connectivity index (χ0v) is 23.3. The third-order valence-electron chi connectivity index (χ3n) is 8.22. The van der Waals surface area contributed by atoms with E-state index in [1.54, 1.807) is 0 Å². The molecule has 2 heterocycles. The number of hydrogen-bond donors (Lipinski definition) is 3. The predicted molar refractivity (Wildman–Crippen MR) is 155 cm³/mol. The Morgan fingerprint density at radius 1 is 0.925 bits per heavy atom. The van der Waals surface area contributed by atoms with Gasteiger partial charge in [0.2, 0.25) is 5.91 Å². The molecule has 3 aliphatic rings. The average Bonchev–Trinajstić information content (AvgIpc) is 3.66. The van der Waals surface area contributed by atoms with Crippen molar-refractivity contribution in [3.63, 3.8) is 0 Å². The van der Waals surface area contributed by atoms with Gasteiger partial charge >= 0.3 is 6.03 Å².